The Bertz CT molecular complexity index is 584. The fourth-order valence-electron chi connectivity index (χ4n) is 3.96. The Balaban J connectivity index is 1.66. The molecule has 132 valence electrons. The molecular weight excluding hydrogens is 304 g/mol. The van der Waals surface area contributed by atoms with Crippen LogP contribution in [0, 0.1) is 18.8 Å². The van der Waals surface area contributed by atoms with Crippen LogP contribution in [0.15, 0.2) is 18.2 Å². The summed E-state index contributed by atoms with van der Waals surface area (Å²) in [4.78, 5) is 17.1. The van der Waals surface area contributed by atoms with E-state index in [4.69, 9.17) is 0 Å². The predicted molar refractivity (Wildman–Crippen MR) is 93.1 cm³/mol. The van der Waals surface area contributed by atoms with Gasteiger partial charge in [0.05, 0.1) is 0 Å². The molecule has 0 aliphatic carbocycles. The molecule has 2 aliphatic heterocycles. The number of aliphatic hydroxyl groups excluding tert-OH is 1. The Morgan fingerprint density at radius 2 is 1.88 bits per heavy atom. The van der Waals surface area contributed by atoms with Gasteiger partial charge >= 0.3 is 0 Å². The quantitative estimate of drug-likeness (QED) is 0.883. The van der Waals surface area contributed by atoms with Crippen molar-refractivity contribution in [3.8, 4) is 5.75 Å². The van der Waals surface area contributed by atoms with E-state index in [9.17, 15) is 15.0 Å². The van der Waals surface area contributed by atoms with E-state index in [1.54, 1.807) is 25.1 Å². The first kappa shape index (κ1) is 17.2. The Labute approximate surface area is 143 Å². The third kappa shape index (κ3) is 3.73. The van der Waals surface area contributed by atoms with Gasteiger partial charge in [0.1, 0.15) is 5.75 Å². The zero-order chi connectivity index (χ0) is 17.1. The average molecular weight is 332 g/mol. The molecule has 2 N–H and O–H groups in total. The molecule has 1 aromatic carbocycles. The van der Waals surface area contributed by atoms with Crippen molar-refractivity contribution in [1.29, 1.82) is 0 Å². The van der Waals surface area contributed by atoms with Gasteiger partial charge in [-0.25, -0.2) is 0 Å². The minimum atomic E-state index is -0.00214. The lowest BCUT2D eigenvalue weighted by Crippen LogP contribution is -2.37. The van der Waals surface area contributed by atoms with Crippen LogP contribution in [0.4, 0.5) is 0 Å². The number of benzene rings is 1. The van der Waals surface area contributed by atoms with Crippen LogP contribution in [0.25, 0.3) is 0 Å². The fourth-order valence-corrected chi connectivity index (χ4v) is 3.96. The number of phenolic OH excluding ortho intramolecular Hbond substituents is 1. The number of aromatic hydroxyl groups is 1. The summed E-state index contributed by atoms with van der Waals surface area (Å²) < 4.78 is 0. The molecule has 2 aliphatic rings. The highest BCUT2D eigenvalue weighted by atomic mass is 16.3. The second kappa shape index (κ2) is 7.53. The number of phenols is 1. The molecule has 2 fully saturated rings. The van der Waals surface area contributed by atoms with Crippen LogP contribution in [0.1, 0.15) is 35.2 Å². The average Bonchev–Trinajstić information content (AvgIpc) is 3.00. The normalized spacial score (nSPS) is 25.2. The number of aliphatic hydroxyl groups is 1. The maximum atomic E-state index is 12.8. The monoisotopic (exact) mass is 332 g/mol. The van der Waals surface area contributed by atoms with Crippen LogP contribution in [0.2, 0.25) is 0 Å². The maximum Gasteiger partial charge on any atom is 0.253 e. The lowest BCUT2D eigenvalue weighted by atomic mass is 9.95. The SMILES string of the molecule is Cc1cc(C(=O)N2CC(CO)C(CN3CCCCC3)C2)ccc1O. The van der Waals surface area contributed by atoms with E-state index in [2.05, 4.69) is 4.90 Å². The van der Waals surface area contributed by atoms with Gasteiger partial charge in [0, 0.05) is 37.7 Å². The molecule has 5 heteroatoms. The number of carbonyl (C=O) groups is 1. The number of piperidine rings is 1. The first-order chi connectivity index (χ1) is 11.6. The lowest BCUT2D eigenvalue weighted by Gasteiger charge is -2.30. The zero-order valence-electron chi connectivity index (χ0n) is 14.4. The van der Waals surface area contributed by atoms with Gasteiger partial charge in [-0.2, -0.15) is 0 Å². The number of aryl methyl sites for hydroxylation is 1. The first-order valence-electron chi connectivity index (χ1n) is 9.00. The number of rotatable bonds is 4. The highest BCUT2D eigenvalue weighted by Crippen LogP contribution is 2.27. The van der Waals surface area contributed by atoms with Crippen molar-refractivity contribution in [3.05, 3.63) is 29.3 Å². The van der Waals surface area contributed by atoms with E-state index in [-0.39, 0.29) is 24.2 Å². The second-order valence-electron chi connectivity index (χ2n) is 7.28. The van der Waals surface area contributed by atoms with E-state index in [0.29, 0.717) is 30.1 Å². The fraction of sp³-hybridized carbons (Fsp3) is 0.632. The second-order valence-corrected chi connectivity index (χ2v) is 7.28. The van der Waals surface area contributed by atoms with Crippen molar-refractivity contribution < 1.29 is 15.0 Å². The number of hydrogen-bond acceptors (Lipinski definition) is 4. The summed E-state index contributed by atoms with van der Waals surface area (Å²) in [6.45, 7) is 6.51. The predicted octanol–water partition coefficient (Wildman–Crippen LogP) is 1.87. The molecule has 5 nitrogen and oxygen atoms in total. The Morgan fingerprint density at radius 1 is 1.17 bits per heavy atom. The molecule has 3 rings (SSSR count). The van der Waals surface area contributed by atoms with Crippen molar-refractivity contribution in [3.63, 3.8) is 0 Å². The van der Waals surface area contributed by atoms with Crippen LogP contribution in [0.3, 0.4) is 0 Å². The molecule has 0 aromatic heterocycles. The maximum absolute atomic E-state index is 12.8. The summed E-state index contributed by atoms with van der Waals surface area (Å²) in [5.74, 6) is 0.714. The van der Waals surface area contributed by atoms with Crippen molar-refractivity contribution in [2.75, 3.05) is 39.3 Å². The molecule has 2 unspecified atom stereocenters. The molecule has 2 atom stereocenters. The molecule has 24 heavy (non-hydrogen) atoms. The lowest BCUT2D eigenvalue weighted by molar-refractivity contribution is 0.0778. The van der Waals surface area contributed by atoms with Crippen molar-refractivity contribution in [2.45, 2.75) is 26.2 Å². The van der Waals surface area contributed by atoms with Crippen LogP contribution in [0.5, 0.6) is 5.75 Å². The van der Waals surface area contributed by atoms with Crippen LogP contribution in [-0.4, -0.2) is 65.3 Å². The van der Waals surface area contributed by atoms with Gasteiger partial charge in [0.15, 0.2) is 0 Å². The van der Waals surface area contributed by atoms with Gasteiger partial charge in [-0.05, 0) is 62.5 Å². The molecule has 1 aromatic rings. The number of amides is 1. The van der Waals surface area contributed by atoms with Gasteiger partial charge < -0.3 is 20.0 Å². The standard InChI is InChI=1S/C19H28N2O3/c1-14-9-15(5-6-18(14)23)19(24)21-11-16(17(12-21)13-22)10-20-7-3-2-4-8-20/h5-6,9,16-17,22-23H,2-4,7-8,10-13H2,1H3. The van der Waals surface area contributed by atoms with Crippen LogP contribution < -0.4 is 0 Å². The van der Waals surface area contributed by atoms with Crippen molar-refractivity contribution >= 4 is 5.91 Å². The van der Waals surface area contributed by atoms with Crippen LogP contribution >= 0.6 is 0 Å². The number of hydrogen-bond donors (Lipinski definition) is 2. The molecule has 1 amide bonds. The highest BCUT2D eigenvalue weighted by molar-refractivity contribution is 5.94. The van der Waals surface area contributed by atoms with E-state index >= 15 is 0 Å². The summed E-state index contributed by atoms with van der Waals surface area (Å²) in [5, 5.41) is 19.4. The molecule has 0 bridgehead atoms. The Morgan fingerprint density at radius 3 is 2.54 bits per heavy atom. The van der Waals surface area contributed by atoms with E-state index in [1.165, 1.54) is 19.3 Å². The largest absolute Gasteiger partial charge is 0.508 e. The molecule has 0 saturated carbocycles. The molecule has 2 saturated heterocycles. The van der Waals surface area contributed by atoms with Gasteiger partial charge in [0.25, 0.3) is 5.91 Å². The van der Waals surface area contributed by atoms with E-state index in [1.807, 2.05) is 4.90 Å². The Hall–Kier alpha value is -1.59. The van der Waals surface area contributed by atoms with Gasteiger partial charge in [0.2, 0.25) is 0 Å². The third-order valence-corrected chi connectivity index (χ3v) is 5.48. The topological polar surface area (TPSA) is 64.0 Å². The van der Waals surface area contributed by atoms with E-state index < -0.39 is 0 Å². The summed E-state index contributed by atoms with van der Waals surface area (Å²) in [5.41, 5.74) is 1.32. The number of likely N-dealkylation sites (tertiary alicyclic amines) is 2. The van der Waals surface area contributed by atoms with Crippen LogP contribution in [-0.2, 0) is 0 Å². The summed E-state index contributed by atoms with van der Waals surface area (Å²) >= 11 is 0. The van der Waals surface area contributed by atoms with Gasteiger partial charge in [-0.15, -0.1) is 0 Å². The summed E-state index contributed by atoms with van der Waals surface area (Å²) in [6, 6.07) is 4.99. The number of nitrogens with zero attached hydrogens (tertiary/aromatic N) is 2. The minimum absolute atomic E-state index is 0.00214. The highest BCUT2D eigenvalue weighted by Gasteiger charge is 2.36. The van der Waals surface area contributed by atoms with Crippen molar-refractivity contribution in [1.82, 2.24) is 9.80 Å². The zero-order valence-corrected chi connectivity index (χ0v) is 14.4. The Kier molecular flexibility index (Phi) is 5.41. The first-order valence-corrected chi connectivity index (χ1v) is 9.00. The minimum Gasteiger partial charge on any atom is -0.508 e. The third-order valence-electron chi connectivity index (χ3n) is 5.48. The molecule has 2 heterocycles. The van der Waals surface area contributed by atoms with E-state index in [0.717, 1.165) is 19.6 Å². The molecular formula is C19H28N2O3. The molecule has 0 spiro atoms. The summed E-state index contributed by atoms with van der Waals surface area (Å²) in [7, 11) is 0. The summed E-state index contributed by atoms with van der Waals surface area (Å²) in [6.07, 6.45) is 3.83. The smallest absolute Gasteiger partial charge is 0.253 e. The van der Waals surface area contributed by atoms with Gasteiger partial charge in [-0.3, -0.25) is 4.79 Å². The van der Waals surface area contributed by atoms with Crippen molar-refractivity contribution in [2.24, 2.45) is 11.8 Å². The van der Waals surface area contributed by atoms with Gasteiger partial charge in [-0.1, -0.05) is 6.42 Å². The number of carbonyl (C=O) groups excluding carboxylic acids is 1. The molecule has 0 radical (unpaired) electrons.